The molecule has 2 aliphatic rings. The molecule has 11 heteroatoms. The van der Waals surface area contributed by atoms with E-state index in [1.807, 2.05) is 38.1 Å². The third-order valence-electron chi connectivity index (χ3n) is 6.07. The van der Waals surface area contributed by atoms with Crippen molar-refractivity contribution < 1.29 is 14.7 Å². The first kappa shape index (κ1) is 21.5. The molecule has 0 aromatic carbocycles. The number of aryl methyl sites for hydroxylation is 3. The smallest absolute Gasteiger partial charge is 0.408 e. The second kappa shape index (κ2) is 8.10. The van der Waals surface area contributed by atoms with Gasteiger partial charge in [-0.25, -0.2) is 14.8 Å². The highest BCUT2D eigenvalue weighted by Crippen LogP contribution is 2.36. The standard InChI is InChI=1S/C20H26BrN7O3/c1-13-10-14(2)23-18(22-13)26-6-4-20(5-7-26)17(29)27(8-9-28(20)19(30)31)12-16-15(21)11-25(3)24-16/h10-11H,4-9,12H2,1-3H3,(H,30,31). The first-order valence-corrected chi connectivity index (χ1v) is 11.0. The zero-order valence-electron chi connectivity index (χ0n) is 17.9. The molecule has 1 N–H and O–H groups in total. The van der Waals surface area contributed by atoms with Crippen LogP contribution in [0.4, 0.5) is 10.7 Å². The molecule has 31 heavy (non-hydrogen) atoms. The number of nitrogens with zero attached hydrogens (tertiary/aromatic N) is 7. The van der Waals surface area contributed by atoms with Gasteiger partial charge in [0.15, 0.2) is 0 Å². The Morgan fingerprint density at radius 3 is 2.35 bits per heavy atom. The highest BCUT2D eigenvalue weighted by atomic mass is 79.9. The Labute approximate surface area is 189 Å². The molecule has 1 spiro atoms. The van der Waals surface area contributed by atoms with Gasteiger partial charge in [-0.1, -0.05) is 0 Å². The maximum atomic E-state index is 13.6. The lowest BCUT2D eigenvalue weighted by Gasteiger charge is -2.51. The topological polar surface area (TPSA) is 108 Å². The molecule has 0 atom stereocenters. The van der Waals surface area contributed by atoms with Crippen molar-refractivity contribution in [2.24, 2.45) is 7.05 Å². The number of carboxylic acid groups (broad SMARTS) is 1. The number of rotatable bonds is 3. The van der Waals surface area contributed by atoms with Gasteiger partial charge in [-0.05, 0) is 48.7 Å². The fourth-order valence-corrected chi connectivity index (χ4v) is 5.08. The number of piperidine rings is 1. The van der Waals surface area contributed by atoms with Crippen LogP contribution in [0.3, 0.4) is 0 Å². The molecular weight excluding hydrogens is 466 g/mol. The van der Waals surface area contributed by atoms with E-state index >= 15 is 0 Å². The van der Waals surface area contributed by atoms with Gasteiger partial charge in [0.1, 0.15) is 5.54 Å². The van der Waals surface area contributed by atoms with E-state index in [2.05, 4.69) is 31.0 Å². The third-order valence-corrected chi connectivity index (χ3v) is 6.73. The molecule has 2 aliphatic heterocycles. The fourth-order valence-electron chi connectivity index (χ4n) is 4.58. The Bertz CT molecular complexity index is 996. The maximum absolute atomic E-state index is 13.6. The number of hydrogen-bond acceptors (Lipinski definition) is 6. The quantitative estimate of drug-likeness (QED) is 0.698. The summed E-state index contributed by atoms with van der Waals surface area (Å²) >= 11 is 3.49. The molecule has 2 fully saturated rings. The first-order chi connectivity index (χ1) is 14.7. The van der Waals surface area contributed by atoms with Gasteiger partial charge in [0.25, 0.3) is 0 Å². The van der Waals surface area contributed by atoms with Crippen LogP contribution in [0.5, 0.6) is 0 Å². The minimum atomic E-state index is -1.07. The van der Waals surface area contributed by atoms with Gasteiger partial charge in [-0.3, -0.25) is 14.4 Å². The van der Waals surface area contributed by atoms with Crippen molar-refractivity contribution >= 4 is 33.9 Å². The average molecular weight is 492 g/mol. The van der Waals surface area contributed by atoms with E-state index in [9.17, 15) is 14.7 Å². The molecular formula is C20H26BrN7O3. The number of anilines is 1. The normalized spacial score (nSPS) is 18.7. The Balaban J connectivity index is 1.57. The minimum Gasteiger partial charge on any atom is -0.465 e. The van der Waals surface area contributed by atoms with E-state index in [0.29, 0.717) is 45.0 Å². The summed E-state index contributed by atoms with van der Waals surface area (Å²) in [6, 6.07) is 1.92. The van der Waals surface area contributed by atoms with E-state index in [0.717, 1.165) is 21.6 Å². The molecule has 0 bridgehead atoms. The van der Waals surface area contributed by atoms with Crippen molar-refractivity contribution in [1.29, 1.82) is 0 Å². The number of halogens is 1. The van der Waals surface area contributed by atoms with Crippen molar-refractivity contribution in [3.8, 4) is 0 Å². The Hall–Kier alpha value is -2.69. The summed E-state index contributed by atoms with van der Waals surface area (Å²) in [6.45, 7) is 5.85. The maximum Gasteiger partial charge on any atom is 0.408 e. The molecule has 0 radical (unpaired) electrons. The number of aromatic nitrogens is 4. The zero-order valence-corrected chi connectivity index (χ0v) is 19.5. The van der Waals surface area contributed by atoms with Crippen molar-refractivity contribution in [3.05, 3.63) is 33.8 Å². The lowest BCUT2D eigenvalue weighted by atomic mass is 9.82. The van der Waals surface area contributed by atoms with E-state index in [-0.39, 0.29) is 12.5 Å². The molecule has 4 heterocycles. The second-order valence-corrected chi connectivity index (χ2v) is 9.08. The van der Waals surface area contributed by atoms with Crippen LogP contribution in [0, 0.1) is 13.8 Å². The average Bonchev–Trinajstić information content (AvgIpc) is 3.02. The predicted octanol–water partition coefficient (Wildman–Crippen LogP) is 1.95. The molecule has 2 aromatic rings. The van der Waals surface area contributed by atoms with Gasteiger partial charge in [-0.15, -0.1) is 0 Å². The largest absolute Gasteiger partial charge is 0.465 e. The van der Waals surface area contributed by atoms with Gasteiger partial charge in [0.2, 0.25) is 11.9 Å². The monoisotopic (exact) mass is 491 g/mol. The van der Waals surface area contributed by atoms with E-state index in [1.54, 1.807) is 9.58 Å². The molecule has 10 nitrogen and oxygen atoms in total. The van der Waals surface area contributed by atoms with Gasteiger partial charge >= 0.3 is 6.09 Å². The summed E-state index contributed by atoms with van der Waals surface area (Å²) in [5.74, 6) is 0.478. The molecule has 0 aliphatic carbocycles. The molecule has 0 unspecified atom stereocenters. The molecule has 166 valence electrons. The number of hydrogen-bond donors (Lipinski definition) is 1. The lowest BCUT2D eigenvalue weighted by molar-refractivity contribution is -0.152. The summed E-state index contributed by atoms with van der Waals surface area (Å²) in [5.41, 5.74) is 1.46. The van der Waals surface area contributed by atoms with E-state index in [4.69, 9.17) is 0 Å². The third kappa shape index (κ3) is 3.98. The Kier molecular flexibility index (Phi) is 5.63. The van der Waals surface area contributed by atoms with Crippen molar-refractivity contribution in [2.75, 3.05) is 31.1 Å². The number of amides is 2. The summed E-state index contributed by atoms with van der Waals surface area (Å²) in [5, 5.41) is 14.3. The molecule has 2 saturated heterocycles. The van der Waals surface area contributed by atoms with Gasteiger partial charge < -0.3 is 14.9 Å². The number of carbonyl (C=O) groups excluding carboxylic acids is 1. The van der Waals surface area contributed by atoms with Crippen LogP contribution in [0.2, 0.25) is 0 Å². The van der Waals surface area contributed by atoms with Gasteiger partial charge in [0, 0.05) is 50.8 Å². The molecule has 2 aromatic heterocycles. The Morgan fingerprint density at radius 2 is 1.81 bits per heavy atom. The Morgan fingerprint density at radius 1 is 1.16 bits per heavy atom. The fraction of sp³-hybridized carbons (Fsp3) is 0.550. The van der Waals surface area contributed by atoms with Crippen LogP contribution in [0.25, 0.3) is 0 Å². The number of piperazine rings is 1. The van der Waals surface area contributed by atoms with Crippen molar-refractivity contribution in [2.45, 2.75) is 38.8 Å². The van der Waals surface area contributed by atoms with Crippen LogP contribution in [-0.4, -0.2) is 78.4 Å². The van der Waals surface area contributed by atoms with Crippen LogP contribution in [0.15, 0.2) is 16.7 Å². The van der Waals surface area contributed by atoms with Crippen LogP contribution in [-0.2, 0) is 18.4 Å². The molecule has 4 rings (SSSR count). The van der Waals surface area contributed by atoms with E-state index < -0.39 is 11.6 Å². The minimum absolute atomic E-state index is 0.153. The van der Waals surface area contributed by atoms with Crippen LogP contribution < -0.4 is 4.90 Å². The summed E-state index contributed by atoms with van der Waals surface area (Å²) in [4.78, 5) is 39.8. The summed E-state index contributed by atoms with van der Waals surface area (Å²) in [7, 11) is 1.82. The highest BCUT2D eigenvalue weighted by Gasteiger charge is 2.53. The number of carbonyl (C=O) groups is 2. The predicted molar refractivity (Wildman–Crippen MR) is 117 cm³/mol. The molecule has 0 saturated carbocycles. The van der Waals surface area contributed by atoms with Crippen molar-refractivity contribution in [1.82, 2.24) is 29.5 Å². The van der Waals surface area contributed by atoms with Gasteiger partial charge in [-0.2, -0.15) is 5.10 Å². The van der Waals surface area contributed by atoms with Crippen LogP contribution >= 0.6 is 15.9 Å². The second-order valence-electron chi connectivity index (χ2n) is 8.23. The first-order valence-electron chi connectivity index (χ1n) is 10.2. The zero-order chi connectivity index (χ0) is 22.3. The van der Waals surface area contributed by atoms with Crippen LogP contribution in [0.1, 0.15) is 29.9 Å². The lowest BCUT2D eigenvalue weighted by Crippen LogP contribution is -2.69. The van der Waals surface area contributed by atoms with Crippen molar-refractivity contribution in [3.63, 3.8) is 0 Å². The van der Waals surface area contributed by atoms with E-state index in [1.165, 1.54) is 4.90 Å². The summed E-state index contributed by atoms with van der Waals surface area (Å²) in [6.07, 6.45) is 1.58. The molecule has 2 amide bonds. The SMILES string of the molecule is Cc1cc(C)nc(N2CCC3(CC2)C(=O)N(Cc2nn(C)cc2Br)CCN3C(=O)O)n1. The van der Waals surface area contributed by atoms with Gasteiger partial charge in [0.05, 0.1) is 16.7 Å². The highest BCUT2D eigenvalue weighted by molar-refractivity contribution is 9.10. The summed E-state index contributed by atoms with van der Waals surface area (Å²) < 4.78 is 2.52.